The molecular weight excluding hydrogens is 769 g/mol. The summed E-state index contributed by atoms with van der Waals surface area (Å²) in [4.78, 5) is 77.2. The van der Waals surface area contributed by atoms with Crippen LogP contribution in [0.25, 0.3) is 9.75 Å². The molecule has 4 heterocycles. The van der Waals surface area contributed by atoms with Crippen LogP contribution >= 0.6 is 70.6 Å². The fourth-order valence-electron chi connectivity index (χ4n) is 5.39. The molecular formula is C33H24N6O6S6. The van der Waals surface area contributed by atoms with E-state index in [2.05, 4.69) is 20.0 Å². The van der Waals surface area contributed by atoms with E-state index in [-0.39, 0.29) is 56.8 Å². The van der Waals surface area contributed by atoms with E-state index >= 15 is 0 Å². The van der Waals surface area contributed by atoms with Gasteiger partial charge in [0.2, 0.25) is 10.3 Å². The summed E-state index contributed by atoms with van der Waals surface area (Å²) in [5, 5.41) is 0.459. The number of benzene rings is 2. The molecule has 0 saturated carbocycles. The van der Waals surface area contributed by atoms with Crippen molar-refractivity contribution in [2.75, 3.05) is 13.1 Å². The van der Waals surface area contributed by atoms with Gasteiger partial charge in [0.05, 0.1) is 21.1 Å². The molecule has 12 nitrogen and oxygen atoms in total. The second-order valence-corrected chi connectivity index (χ2v) is 16.1. The second kappa shape index (κ2) is 14.4. The van der Waals surface area contributed by atoms with Crippen molar-refractivity contribution in [1.29, 1.82) is 0 Å². The Morgan fingerprint density at radius 3 is 1.45 bits per heavy atom. The van der Waals surface area contributed by atoms with Crippen molar-refractivity contribution in [2.45, 2.75) is 32.5 Å². The Hall–Kier alpha value is -4.20. The van der Waals surface area contributed by atoms with Crippen LogP contribution in [-0.2, 0) is 47.3 Å². The normalized spacial score (nSPS) is 17.8. The number of esters is 2. The lowest BCUT2D eigenvalue weighted by Gasteiger charge is -2.24. The number of thioether (sulfide) groups is 2. The van der Waals surface area contributed by atoms with Gasteiger partial charge < -0.3 is 9.47 Å². The highest BCUT2D eigenvalue weighted by Gasteiger charge is 2.63. The number of thiocarbonyl (C=S) groups is 2. The summed E-state index contributed by atoms with van der Waals surface area (Å²) in [6, 6.07) is 18.0. The van der Waals surface area contributed by atoms with Crippen molar-refractivity contribution in [2.24, 2.45) is 9.98 Å². The Bertz CT molecular complexity index is 2030. The first-order valence-electron chi connectivity index (χ1n) is 15.4. The van der Waals surface area contributed by atoms with E-state index in [1.807, 2.05) is 12.1 Å². The van der Waals surface area contributed by atoms with Crippen LogP contribution in [0.3, 0.4) is 0 Å². The van der Waals surface area contributed by atoms with E-state index in [0.717, 1.165) is 46.2 Å². The van der Waals surface area contributed by atoms with Gasteiger partial charge in [0, 0.05) is 13.1 Å². The molecule has 0 radical (unpaired) electrons. The fourth-order valence-corrected chi connectivity index (χ4v) is 10.2. The molecule has 51 heavy (non-hydrogen) atoms. The first kappa shape index (κ1) is 35.2. The SMILES string of the molecule is CCN1C(=O)/C(=N/c2nc3c(s2)-c2sc(/N=C4\SC(=S)N(CC)C4=O)nc2C3(C(=O)OCc2ccccc2)C(=O)OCc2ccccc2)SC1=S. The zero-order valence-corrected chi connectivity index (χ0v) is 31.6. The highest BCUT2D eigenvalue weighted by Crippen LogP contribution is 2.57. The lowest BCUT2D eigenvalue weighted by molar-refractivity contribution is -0.164. The minimum absolute atomic E-state index is 0.0194. The number of fused-ring (bicyclic) bond motifs is 3. The fraction of sp³-hybridized carbons (Fsp3) is 0.212. The smallest absolute Gasteiger partial charge is 0.336 e. The lowest BCUT2D eigenvalue weighted by atomic mass is 9.84. The zero-order chi connectivity index (χ0) is 35.9. The average Bonchev–Trinajstić information content (AvgIpc) is 3.91. The summed E-state index contributed by atoms with van der Waals surface area (Å²) in [6.07, 6.45) is 0. The first-order chi connectivity index (χ1) is 24.6. The number of rotatable bonds is 10. The van der Waals surface area contributed by atoms with Gasteiger partial charge in [-0.1, -0.05) is 108 Å². The van der Waals surface area contributed by atoms with Gasteiger partial charge in [-0.3, -0.25) is 19.4 Å². The average molecular weight is 793 g/mol. The maximum Gasteiger partial charge on any atom is 0.336 e. The van der Waals surface area contributed by atoms with Crippen LogP contribution < -0.4 is 0 Å². The summed E-state index contributed by atoms with van der Waals surface area (Å²) >= 11 is 14.9. The molecule has 0 atom stereocenters. The third-order valence-corrected chi connectivity index (χ3v) is 12.6. The van der Waals surface area contributed by atoms with Crippen molar-refractivity contribution in [3.8, 4) is 9.75 Å². The molecule has 2 aliphatic heterocycles. The number of thiazole rings is 2. The highest BCUT2D eigenvalue weighted by atomic mass is 32.2. The maximum absolute atomic E-state index is 14.6. The van der Waals surface area contributed by atoms with Crippen molar-refractivity contribution < 1.29 is 28.7 Å². The van der Waals surface area contributed by atoms with Crippen molar-refractivity contribution >= 4 is 123 Å². The third kappa shape index (κ3) is 6.33. The zero-order valence-electron chi connectivity index (χ0n) is 26.7. The molecule has 0 unspecified atom stereocenters. The number of carbonyl (C=O) groups excluding carboxylic acids is 4. The molecule has 2 saturated heterocycles. The van der Waals surface area contributed by atoms with Gasteiger partial charge in [0.1, 0.15) is 21.9 Å². The summed E-state index contributed by atoms with van der Waals surface area (Å²) in [6.45, 7) is 4.05. The van der Waals surface area contributed by atoms with Crippen LogP contribution in [0.1, 0.15) is 36.4 Å². The van der Waals surface area contributed by atoms with Crippen molar-refractivity contribution in [3.63, 3.8) is 0 Å². The Kier molecular flexibility index (Phi) is 9.97. The molecule has 2 fully saturated rings. The number of amides is 2. The second-order valence-electron chi connectivity index (χ2n) is 10.9. The van der Waals surface area contributed by atoms with Gasteiger partial charge >= 0.3 is 11.9 Å². The van der Waals surface area contributed by atoms with Crippen LogP contribution in [0.4, 0.5) is 10.3 Å². The van der Waals surface area contributed by atoms with Gasteiger partial charge in [-0.2, -0.15) is 0 Å². The van der Waals surface area contributed by atoms with E-state index in [4.69, 9.17) is 33.9 Å². The lowest BCUT2D eigenvalue weighted by Crippen LogP contribution is -2.46. The van der Waals surface area contributed by atoms with Crippen LogP contribution in [0.15, 0.2) is 70.6 Å². The molecule has 0 bridgehead atoms. The quantitative estimate of drug-likeness (QED) is 0.103. The van der Waals surface area contributed by atoms with Gasteiger partial charge in [-0.15, -0.1) is 0 Å². The summed E-state index contributed by atoms with van der Waals surface area (Å²) in [5.41, 5.74) is -0.867. The molecule has 258 valence electrons. The van der Waals surface area contributed by atoms with E-state index in [9.17, 15) is 19.2 Å². The first-order valence-corrected chi connectivity index (χ1v) is 19.4. The monoisotopic (exact) mass is 792 g/mol. The Labute approximate surface area is 318 Å². The number of aromatic nitrogens is 2. The predicted molar refractivity (Wildman–Crippen MR) is 206 cm³/mol. The molecule has 18 heteroatoms. The number of hydrogen-bond acceptors (Lipinski definition) is 16. The summed E-state index contributed by atoms with van der Waals surface area (Å²) in [5.74, 6) is -2.67. The summed E-state index contributed by atoms with van der Waals surface area (Å²) < 4.78 is 12.4. The molecule has 3 aliphatic rings. The van der Waals surface area contributed by atoms with E-state index < -0.39 is 17.4 Å². The van der Waals surface area contributed by atoms with E-state index in [1.165, 1.54) is 9.80 Å². The van der Waals surface area contributed by atoms with Crippen LogP contribution in [-0.4, -0.2) is 75.3 Å². The van der Waals surface area contributed by atoms with Gasteiger partial charge in [-0.05, 0) is 48.5 Å². The van der Waals surface area contributed by atoms with Crippen LogP contribution in [0.2, 0.25) is 0 Å². The minimum atomic E-state index is -2.28. The molecule has 4 aromatic rings. The van der Waals surface area contributed by atoms with E-state index in [1.54, 1.807) is 62.4 Å². The number of aliphatic imine (C=N–C) groups is 2. The predicted octanol–water partition coefficient (Wildman–Crippen LogP) is 6.17. The van der Waals surface area contributed by atoms with Crippen LogP contribution in [0, 0.1) is 0 Å². The number of nitrogens with zero attached hydrogens (tertiary/aromatic N) is 6. The highest BCUT2D eigenvalue weighted by molar-refractivity contribution is 8.35. The number of carbonyl (C=O) groups is 4. The molecule has 0 N–H and O–H groups in total. The summed E-state index contributed by atoms with van der Waals surface area (Å²) in [7, 11) is 0. The largest absolute Gasteiger partial charge is 0.459 e. The third-order valence-electron chi connectivity index (χ3n) is 7.88. The van der Waals surface area contributed by atoms with Gasteiger partial charge in [0.25, 0.3) is 17.2 Å². The maximum atomic E-state index is 14.6. The van der Waals surface area contributed by atoms with Gasteiger partial charge in [-0.25, -0.2) is 29.5 Å². The van der Waals surface area contributed by atoms with Gasteiger partial charge in [0.15, 0.2) is 10.1 Å². The van der Waals surface area contributed by atoms with Crippen molar-refractivity contribution in [3.05, 3.63) is 83.2 Å². The van der Waals surface area contributed by atoms with Crippen molar-refractivity contribution in [1.82, 2.24) is 19.8 Å². The standard InChI is InChI=1S/C33H24N6O6S6/c1-3-38-25(40)23(50-31(38)46)36-29-34-21-19(48-29)20-22(35-30(49-20)37-24-26(41)39(4-2)32(47)51-24)33(21,27(42)44-15-17-11-7-5-8-12-17)28(43)45-16-18-13-9-6-10-14-18/h5-14H,3-4,15-16H2,1-2H3/b36-23-,37-24-. The molecule has 7 rings (SSSR count). The minimum Gasteiger partial charge on any atom is -0.459 e. The molecule has 2 aromatic carbocycles. The number of ether oxygens (including phenoxy) is 2. The Balaban J connectivity index is 1.37. The molecule has 0 spiro atoms. The topological polar surface area (TPSA) is 144 Å². The number of hydrogen-bond donors (Lipinski definition) is 0. The molecule has 2 aromatic heterocycles. The Morgan fingerprint density at radius 2 is 1.10 bits per heavy atom. The van der Waals surface area contributed by atoms with Crippen LogP contribution in [0.5, 0.6) is 0 Å². The van der Waals surface area contributed by atoms with E-state index in [0.29, 0.717) is 42.6 Å². The molecule has 1 aliphatic carbocycles. The molecule has 2 amide bonds. The Morgan fingerprint density at radius 1 is 0.706 bits per heavy atom.